The molecule has 3 rings (SSSR count). The minimum Gasteiger partial charge on any atom is -0.493 e. The van der Waals surface area contributed by atoms with Gasteiger partial charge in [0, 0.05) is 27.8 Å². The summed E-state index contributed by atoms with van der Waals surface area (Å²) in [5.41, 5.74) is 1.39. The van der Waals surface area contributed by atoms with Crippen LogP contribution in [0.15, 0.2) is 46.3 Å². The molecule has 0 saturated heterocycles. The van der Waals surface area contributed by atoms with Crippen LogP contribution in [0.5, 0.6) is 11.5 Å². The van der Waals surface area contributed by atoms with Crippen molar-refractivity contribution in [3.8, 4) is 23.8 Å². The van der Waals surface area contributed by atoms with Gasteiger partial charge in [0.1, 0.15) is 0 Å². The van der Waals surface area contributed by atoms with E-state index in [1.807, 2.05) is 28.8 Å². The Morgan fingerprint density at radius 1 is 1.21 bits per heavy atom. The SMILES string of the molecule is C#CCn1c(=NC(=O)c2ccc(SC(C)C)cc2)sc2cc(OC)c(OC)cc21. The first kappa shape index (κ1) is 21.0. The molecule has 1 aromatic heterocycles. The number of hydrogen-bond acceptors (Lipinski definition) is 5. The number of methoxy groups -OCH3 is 2. The van der Waals surface area contributed by atoms with Gasteiger partial charge in [-0.05, 0) is 24.3 Å². The lowest BCUT2D eigenvalue weighted by Gasteiger charge is -2.08. The van der Waals surface area contributed by atoms with Gasteiger partial charge in [0.25, 0.3) is 5.91 Å². The van der Waals surface area contributed by atoms with E-state index in [0.717, 1.165) is 15.1 Å². The van der Waals surface area contributed by atoms with Crippen molar-refractivity contribution in [2.45, 2.75) is 30.5 Å². The number of thiazole rings is 1. The van der Waals surface area contributed by atoms with Gasteiger partial charge in [0.2, 0.25) is 0 Å². The van der Waals surface area contributed by atoms with Gasteiger partial charge < -0.3 is 14.0 Å². The van der Waals surface area contributed by atoms with Crippen molar-refractivity contribution >= 4 is 39.2 Å². The largest absolute Gasteiger partial charge is 0.493 e. The summed E-state index contributed by atoms with van der Waals surface area (Å²) < 4.78 is 13.5. The summed E-state index contributed by atoms with van der Waals surface area (Å²) in [6.07, 6.45) is 5.55. The van der Waals surface area contributed by atoms with Gasteiger partial charge in [-0.3, -0.25) is 4.79 Å². The molecule has 0 N–H and O–H groups in total. The highest BCUT2D eigenvalue weighted by Crippen LogP contribution is 2.33. The van der Waals surface area contributed by atoms with Crippen LogP contribution in [0.2, 0.25) is 0 Å². The molecular weight excluding hydrogens is 404 g/mol. The minimum atomic E-state index is -0.303. The molecule has 29 heavy (non-hydrogen) atoms. The molecule has 1 amide bonds. The number of aromatic nitrogens is 1. The number of terminal acetylenes is 1. The summed E-state index contributed by atoms with van der Waals surface area (Å²) in [6.45, 7) is 4.56. The lowest BCUT2D eigenvalue weighted by atomic mass is 10.2. The molecule has 0 aliphatic heterocycles. The first-order valence-electron chi connectivity index (χ1n) is 9.01. The molecule has 150 valence electrons. The van der Waals surface area contributed by atoms with E-state index in [1.165, 1.54) is 11.3 Å². The van der Waals surface area contributed by atoms with E-state index in [-0.39, 0.29) is 5.91 Å². The van der Waals surface area contributed by atoms with E-state index in [2.05, 4.69) is 24.8 Å². The fraction of sp³-hybridized carbons (Fsp3) is 0.273. The molecular formula is C22H22N2O3S2. The van der Waals surface area contributed by atoms with Crippen molar-refractivity contribution in [3.05, 3.63) is 46.8 Å². The summed E-state index contributed by atoms with van der Waals surface area (Å²) in [7, 11) is 3.17. The van der Waals surface area contributed by atoms with Crippen LogP contribution in [0.25, 0.3) is 10.2 Å². The molecule has 0 fully saturated rings. The second kappa shape index (κ2) is 9.21. The maximum Gasteiger partial charge on any atom is 0.279 e. The van der Waals surface area contributed by atoms with Gasteiger partial charge in [-0.1, -0.05) is 31.1 Å². The van der Waals surface area contributed by atoms with Crippen molar-refractivity contribution in [3.63, 3.8) is 0 Å². The van der Waals surface area contributed by atoms with Crippen molar-refractivity contribution in [1.29, 1.82) is 0 Å². The Morgan fingerprint density at radius 3 is 2.45 bits per heavy atom. The average Bonchev–Trinajstić information content (AvgIpc) is 3.03. The van der Waals surface area contributed by atoms with Crippen LogP contribution < -0.4 is 14.3 Å². The Kier molecular flexibility index (Phi) is 6.68. The third-order valence-electron chi connectivity index (χ3n) is 4.11. The molecule has 0 radical (unpaired) electrons. The van der Waals surface area contributed by atoms with Crippen LogP contribution in [-0.2, 0) is 6.54 Å². The number of ether oxygens (including phenoxy) is 2. The Morgan fingerprint density at radius 2 is 1.86 bits per heavy atom. The van der Waals surface area contributed by atoms with E-state index in [0.29, 0.717) is 33.7 Å². The standard InChI is InChI=1S/C22H22N2O3S2/c1-6-11-24-17-12-18(26-4)19(27-5)13-20(17)29-22(24)23-21(25)15-7-9-16(10-8-15)28-14(2)3/h1,7-10,12-14H,11H2,2-5H3. The second-order valence-electron chi connectivity index (χ2n) is 6.46. The molecule has 0 atom stereocenters. The molecule has 3 aromatic rings. The summed E-state index contributed by atoms with van der Waals surface area (Å²) >= 11 is 3.14. The zero-order valence-electron chi connectivity index (χ0n) is 16.8. The Labute approximate surface area is 178 Å². The molecule has 2 aromatic carbocycles. The zero-order chi connectivity index (χ0) is 21.0. The average molecular weight is 427 g/mol. The number of thioether (sulfide) groups is 1. The van der Waals surface area contributed by atoms with Crippen LogP contribution >= 0.6 is 23.1 Å². The zero-order valence-corrected chi connectivity index (χ0v) is 18.4. The molecule has 1 heterocycles. The molecule has 0 saturated carbocycles. The Balaban J connectivity index is 2.05. The molecule has 0 aliphatic rings. The van der Waals surface area contributed by atoms with Crippen LogP contribution in [0.4, 0.5) is 0 Å². The van der Waals surface area contributed by atoms with Crippen LogP contribution in [0, 0.1) is 12.3 Å². The number of carbonyl (C=O) groups excluding carboxylic acids is 1. The Bertz CT molecular complexity index is 1140. The Hall–Kier alpha value is -2.69. The summed E-state index contributed by atoms with van der Waals surface area (Å²) in [5.74, 6) is 3.54. The fourth-order valence-electron chi connectivity index (χ4n) is 2.83. The summed E-state index contributed by atoms with van der Waals surface area (Å²) in [5, 5.41) is 0.483. The van der Waals surface area contributed by atoms with Crippen LogP contribution in [-0.4, -0.2) is 29.9 Å². The molecule has 0 unspecified atom stereocenters. The van der Waals surface area contributed by atoms with Gasteiger partial charge in [-0.2, -0.15) is 4.99 Å². The first-order chi connectivity index (χ1) is 14.0. The number of nitrogens with zero attached hydrogens (tertiary/aromatic N) is 2. The third kappa shape index (κ3) is 4.66. The summed E-state index contributed by atoms with van der Waals surface area (Å²) in [4.78, 5) is 18.8. The van der Waals surface area contributed by atoms with Gasteiger partial charge in [-0.25, -0.2) is 0 Å². The molecule has 7 heteroatoms. The molecule has 5 nitrogen and oxygen atoms in total. The summed E-state index contributed by atoms with van der Waals surface area (Å²) in [6, 6.07) is 11.2. The second-order valence-corrected chi connectivity index (χ2v) is 9.12. The minimum absolute atomic E-state index is 0.297. The number of benzene rings is 2. The van der Waals surface area contributed by atoms with Crippen molar-refractivity contribution < 1.29 is 14.3 Å². The lowest BCUT2D eigenvalue weighted by molar-refractivity contribution is 0.0998. The molecule has 0 aliphatic carbocycles. The van der Waals surface area contributed by atoms with E-state index in [9.17, 15) is 4.79 Å². The maximum atomic E-state index is 12.7. The highest BCUT2D eigenvalue weighted by atomic mass is 32.2. The van der Waals surface area contributed by atoms with E-state index in [4.69, 9.17) is 15.9 Å². The number of rotatable bonds is 6. The highest BCUT2D eigenvalue weighted by Gasteiger charge is 2.13. The monoisotopic (exact) mass is 426 g/mol. The van der Waals surface area contributed by atoms with Gasteiger partial charge in [0.15, 0.2) is 16.3 Å². The molecule has 0 bridgehead atoms. The van der Waals surface area contributed by atoms with Gasteiger partial charge >= 0.3 is 0 Å². The first-order valence-corrected chi connectivity index (χ1v) is 10.7. The topological polar surface area (TPSA) is 52.8 Å². The quantitative estimate of drug-likeness (QED) is 0.427. The fourth-order valence-corrected chi connectivity index (χ4v) is 4.70. The van der Waals surface area contributed by atoms with E-state index in [1.54, 1.807) is 38.1 Å². The normalized spacial score (nSPS) is 11.7. The lowest BCUT2D eigenvalue weighted by Crippen LogP contribution is -2.16. The number of carbonyl (C=O) groups is 1. The number of fused-ring (bicyclic) bond motifs is 1. The van der Waals surface area contributed by atoms with Crippen LogP contribution in [0.1, 0.15) is 24.2 Å². The predicted octanol–water partition coefficient (Wildman–Crippen LogP) is 4.59. The van der Waals surface area contributed by atoms with Crippen LogP contribution in [0.3, 0.4) is 0 Å². The van der Waals surface area contributed by atoms with Gasteiger partial charge in [-0.15, -0.1) is 18.2 Å². The van der Waals surface area contributed by atoms with E-state index >= 15 is 0 Å². The molecule has 0 spiro atoms. The van der Waals surface area contributed by atoms with Crippen molar-refractivity contribution in [2.75, 3.05) is 14.2 Å². The number of amides is 1. The third-order valence-corrected chi connectivity index (χ3v) is 6.16. The van der Waals surface area contributed by atoms with Gasteiger partial charge in [0.05, 0.1) is 31.0 Å². The van der Waals surface area contributed by atoms with Crippen molar-refractivity contribution in [2.24, 2.45) is 4.99 Å². The predicted molar refractivity (Wildman–Crippen MR) is 119 cm³/mol. The smallest absolute Gasteiger partial charge is 0.279 e. The number of hydrogen-bond donors (Lipinski definition) is 0. The highest BCUT2D eigenvalue weighted by molar-refractivity contribution is 7.99. The van der Waals surface area contributed by atoms with Crippen molar-refractivity contribution in [1.82, 2.24) is 4.57 Å². The van der Waals surface area contributed by atoms with E-state index < -0.39 is 0 Å². The maximum absolute atomic E-state index is 12.7.